The van der Waals surface area contributed by atoms with E-state index in [1.54, 1.807) is 6.92 Å². The number of imidazole rings is 1. The number of amides is 1. The van der Waals surface area contributed by atoms with Crippen LogP contribution in [0.5, 0.6) is 0 Å². The number of aromatic nitrogens is 2. The minimum atomic E-state index is -4.65. The minimum Gasteiger partial charge on any atom is -0.477 e. The number of hydrogen-bond acceptors (Lipinski definition) is 7. The number of alkyl halides is 3. The Labute approximate surface area is 181 Å². The molecule has 3 N–H and O–H groups in total. The predicted octanol–water partition coefficient (Wildman–Crippen LogP) is 1.83. The van der Waals surface area contributed by atoms with Gasteiger partial charge in [-0.25, -0.2) is 9.78 Å². The average molecular weight is 463 g/mol. The minimum absolute atomic E-state index is 0.220. The molecule has 0 spiro atoms. The first-order valence-electron chi connectivity index (χ1n) is 9.49. The number of methoxy groups -OCH3 is 1. The molecular weight excluding hydrogens is 439 g/mol. The highest BCUT2D eigenvalue weighted by molar-refractivity contribution is 8.04. The highest BCUT2D eigenvalue weighted by atomic mass is 32.2. The number of nitrogens with zero attached hydrogens (tertiary/aromatic N) is 3. The van der Waals surface area contributed by atoms with E-state index in [0.29, 0.717) is 25.2 Å². The molecule has 3 rings (SSSR count). The smallest absolute Gasteiger partial charge is 0.435 e. The Kier molecular flexibility index (Phi) is 6.58. The molecule has 31 heavy (non-hydrogen) atoms. The monoisotopic (exact) mass is 463 g/mol. The summed E-state index contributed by atoms with van der Waals surface area (Å²) in [6.45, 7) is 3.91. The lowest BCUT2D eigenvalue weighted by atomic mass is 10.0. The topological polar surface area (TPSA) is 111 Å². The van der Waals surface area contributed by atoms with Crippen LogP contribution in [0.1, 0.15) is 35.4 Å². The summed E-state index contributed by atoms with van der Waals surface area (Å²) in [5, 5.41) is 12.1. The SMILES string of the molecule is CO[C@H]1CN(C2SC(C(=O)O)=C(C)N2C)CCC1NC(=O)c1nc(C(F)(F)F)c(C)[nH]1. The van der Waals surface area contributed by atoms with Crippen molar-refractivity contribution < 1.29 is 32.6 Å². The van der Waals surface area contributed by atoms with Crippen LogP contribution in [0.4, 0.5) is 13.2 Å². The van der Waals surface area contributed by atoms with E-state index in [-0.39, 0.29) is 16.1 Å². The van der Waals surface area contributed by atoms with Gasteiger partial charge in [0.25, 0.3) is 5.91 Å². The van der Waals surface area contributed by atoms with E-state index in [1.165, 1.54) is 25.8 Å². The number of carbonyl (C=O) groups is 2. The molecule has 13 heteroatoms. The molecular formula is C18H24F3N5O4S. The Morgan fingerprint density at radius 2 is 2.03 bits per heavy atom. The van der Waals surface area contributed by atoms with Gasteiger partial charge < -0.3 is 25.0 Å². The van der Waals surface area contributed by atoms with Gasteiger partial charge in [0.15, 0.2) is 11.5 Å². The first-order valence-corrected chi connectivity index (χ1v) is 10.4. The lowest BCUT2D eigenvalue weighted by Gasteiger charge is -2.42. The van der Waals surface area contributed by atoms with Crippen molar-refractivity contribution >= 4 is 23.6 Å². The number of thioether (sulfide) groups is 1. The van der Waals surface area contributed by atoms with E-state index in [0.717, 1.165) is 0 Å². The molecule has 0 aromatic carbocycles. The first-order chi connectivity index (χ1) is 14.4. The molecule has 0 bridgehead atoms. The molecule has 2 unspecified atom stereocenters. The molecule has 1 aromatic heterocycles. The largest absolute Gasteiger partial charge is 0.477 e. The zero-order valence-corrected chi connectivity index (χ0v) is 18.2. The third-order valence-electron chi connectivity index (χ3n) is 5.50. The maximum Gasteiger partial charge on any atom is 0.435 e. The number of piperidine rings is 1. The normalized spacial score (nSPS) is 25.3. The summed E-state index contributed by atoms with van der Waals surface area (Å²) < 4.78 is 44.4. The number of rotatable bonds is 5. The van der Waals surface area contributed by atoms with Crippen LogP contribution in [0.2, 0.25) is 0 Å². The van der Waals surface area contributed by atoms with Gasteiger partial charge >= 0.3 is 12.1 Å². The second-order valence-electron chi connectivity index (χ2n) is 7.47. The molecule has 0 radical (unpaired) electrons. The van der Waals surface area contributed by atoms with Crippen molar-refractivity contribution in [3.63, 3.8) is 0 Å². The highest BCUT2D eigenvalue weighted by Crippen LogP contribution is 2.39. The molecule has 2 aliphatic heterocycles. The number of hydrogen-bond donors (Lipinski definition) is 3. The quantitative estimate of drug-likeness (QED) is 0.607. The Balaban J connectivity index is 1.66. The molecule has 1 amide bonds. The summed E-state index contributed by atoms with van der Waals surface area (Å²) in [5.74, 6) is -2.12. The van der Waals surface area contributed by atoms with Crippen molar-refractivity contribution in [2.45, 2.75) is 44.1 Å². The standard InChI is InChI=1S/C18H24F3N5O4S/c1-8-13(18(19,20)21)24-14(22-8)15(27)23-10-5-6-26(7-11(10)30-4)17-25(3)9(2)12(31-17)16(28)29/h10-11,17H,5-7H2,1-4H3,(H,22,24)(H,23,27)(H,28,29)/t10?,11-,17?/m0/s1. The third kappa shape index (κ3) is 4.67. The number of ether oxygens (including phenoxy) is 1. The molecule has 0 aliphatic carbocycles. The van der Waals surface area contributed by atoms with E-state index < -0.39 is 41.7 Å². The molecule has 1 aromatic rings. The van der Waals surface area contributed by atoms with Crippen LogP contribution >= 0.6 is 11.8 Å². The van der Waals surface area contributed by atoms with Crippen LogP contribution in [0.15, 0.2) is 10.6 Å². The predicted molar refractivity (Wildman–Crippen MR) is 106 cm³/mol. The molecule has 9 nitrogen and oxygen atoms in total. The summed E-state index contributed by atoms with van der Waals surface area (Å²) in [6.07, 6.45) is -4.60. The van der Waals surface area contributed by atoms with Gasteiger partial charge in [0, 0.05) is 38.6 Å². The van der Waals surface area contributed by atoms with E-state index in [2.05, 4.69) is 20.2 Å². The van der Waals surface area contributed by atoms with Crippen molar-refractivity contribution in [1.82, 2.24) is 25.1 Å². The maximum absolute atomic E-state index is 12.9. The fourth-order valence-electron chi connectivity index (χ4n) is 3.75. The average Bonchev–Trinajstić information content (AvgIpc) is 3.23. The lowest BCUT2D eigenvalue weighted by Crippen LogP contribution is -2.58. The van der Waals surface area contributed by atoms with Gasteiger partial charge in [0.05, 0.1) is 12.1 Å². The molecule has 0 saturated carbocycles. The zero-order valence-electron chi connectivity index (χ0n) is 17.4. The van der Waals surface area contributed by atoms with Crippen molar-refractivity contribution in [2.24, 2.45) is 0 Å². The summed E-state index contributed by atoms with van der Waals surface area (Å²) >= 11 is 1.24. The Morgan fingerprint density at radius 3 is 2.55 bits per heavy atom. The van der Waals surface area contributed by atoms with Crippen LogP contribution in [-0.4, -0.2) is 81.6 Å². The second kappa shape index (κ2) is 8.71. The van der Waals surface area contributed by atoms with Gasteiger partial charge in [-0.1, -0.05) is 11.8 Å². The molecule has 172 valence electrons. The van der Waals surface area contributed by atoms with Gasteiger partial charge in [-0.15, -0.1) is 0 Å². The zero-order chi connectivity index (χ0) is 23.1. The number of carbonyl (C=O) groups excluding carboxylic acids is 1. The number of aryl methyl sites for hydroxylation is 1. The van der Waals surface area contributed by atoms with E-state index in [9.17, 15) is 27.9 Å². The summed E-state index contributed by atoms with van der Waals surface area (Å²) in [4.78, 5) is 33.9. The van der Waals surface area contributed by atoms with Gasteiger partial charge in [-0.3, -0.25) is 9.69 Å². The van der Waals surface area contributed by atoms with Crippen molar-refractivity contribution in [1.29, 1.82) is 0 Å². The number of aliphatic carboxylic acids is 1. The maximum atomic E-state index is 12.9. The Morgan fingerprint density at radius 1 is 1.35 bits per heavy atom. The molecule has 3 atom stereocenters. The first kappa shape index (κ1) is 23.4. The highest BCUT2D eigenvalue weighted by Gasteiger charge is 2.41. The molecule has 2 aliphatic rings. The van der Waals surface area contributed by atoms with Crippen LogP contribution in [0.25, 0.3) is 0 Å². The van der Waals surface area contributed by atoms with E-state index in [1.807, 2.05) is 11.9 Å². The van der Waals surface area contributed by atoms with Gasteiger partial charge in [0.2, 0.25) is 0 Å². The fourth-order valence-corrected chi connectivity index (χ4v) is 5.03. The van der Waals surface area contributed by atoms with Crippen LogP contribution in [0.3, 0.4) is 0 Å². The Hall–Kier alpha value is -2.25. The van der Waals surface area contributed by atoms with Gasteiger partial charge in [-0.05, 0) is 20.3 Å². The second-order valence-corrected chi connectivity index (χ2v) is 8.53. The number of carboxylic acids is 1. The summed E-state index contributed by atoms with van der Waals surface area (Å²) in [5.41, 5.74) is -0.897. The van der Waals surface area contributed by atoms with Gasteiger partial charge in [0.1, 0.15) is 10.4 Å². The lowest BCUT2D eigenvalue weighted by molar-refractivity contribution is -0.141. The van der Waals surface area contributed by atoms with Gasteiger partial charge in [-0.2, -0.15) is 13.2 Å². The van der Waals surface area contributed by atoms with Crippen LogP contribution in [0, 0.1) is 6.92 Å². The number of halogens is 3. The number of allylic oxidation sites excluding steroid dienone is 1. The summed E-state index contributed by atoms with van der Waals surface area (Å²) in [7, 11) is 3.31. The molecule has 1 fully saturated rings. The number of nitrogens with one attached hydrogen (secondary N) is 2. The number of H-pyrrole nitrogens is 1. The number of carboxylic acid groups (broad SMARTS) is 1. The van der Waals surface area contributed by atoms with Crippen molar-refractivity contribution in [3.8, 4) is 0 Å². The number of aromatic amines is 1. The molecule has 3 heterocycles. The van der Waals surface area contributed by atoms with E-state index in [4.69, 9.17) is 4.74 Å². The van der Waals surface area contributed by atoms with Crippen LogP contribution in [-0.2, 0) is 15.7 Å². The number of likely N-dealkylation sites (tertiary alicyclic amines) is 1. The third-order valence-corrected chi connectivity index (χ3v) is 7.03. The fraction of sp³-hybridized carbons (Fsp3) is 0.611. The molecule has 1 saturated heterocycles. The van der Waals surface area contributed by atoms with E-state index >= 15 is 0 Å². The Bertz CT molecular complexity index is 903. The van der Waals surface area contributed by atoms with Crippen molar-refractivity contribution in [2.75, 3.05) is 27.2 Å². The van der Waals surface area contributed by atoms with Crippen LogP contribution < -0.4 is 5.32 Å². The summed E-state index contributed by atoms with van der Waals surface area (Å²) in [6, 6.07) is -0.432. The van der Waals surface area contributed by atoms with Crippen molar-refractivity contribution in [3.05, 3.63) is 27.8 Å².